The Morgan fingerprint density at radius 3 is 2.41 bits per heavy atom. The van der Waals surface area contributed by atoms with Gasteiger partial charge in [-0.1, -0.05) is 13.8 Å². The molecule has 0 aliphatic carbocycles. The van der Waals surface area contributed by atoms with E-state index in [0.717, 1.165) is 0 Å². The minimum absolute atomic E-state index is 0.205. The summed E-state index contributed by atoms with van der Waals surface area (Å²) >= 11 is 3.23. The lowest BCUT2D eigenvalue weighted by Gasteiger charge is -2.20. The average molecular weight is 373 g/mol. The number of methoxy groups -OCH3 is 1. The molecule has 0 saturated heterocycles. The summed E-state index contributed by atoms with van der Waals surface area (Å²) in [5.41, 5.74) is 5.11. The standard InChI is InChI=1S/C14H17BrN2O5/c1-7(2)11(12(18)17-14(16)20)22-13(19)9-6-8(21-3)4-5-10(9)15/h4-7,11H,1-3H3,(H3,16,17,18,20)/t11-/m0/s1. The molecule has 3 N–H and O–H groups in total. The highest BCUT2D eigenvalue weighted by molar-refractivity contribution is 9.10. The molecule has 1 aromatic rings. The second-order valence-electron chi connectivity index (χ2n) is 4.77. The van der Waals surface area contributed by atoms with E-state index in [9.17, 15) is 14.4 Å². The minimum Gasteiger partial charge on any atom is -0.497 e. The molecule has 0 aliphatic rings. The van der Waals surface area contributed by atoms with Gasteiger partial charge >= 0.3 is 12.0 Å². The van der Waals surface area contributed by atoms with Crippen molar-refractivity contribution in [3.63, 3.8) is 0 Å². The van der Waals surface area contributed by atoms with Crippen molar-refractivity contribution in [2.45, 2.75) is 20.0 Å². The molecule has 1 atom stereocenters. The number of nitrogens with two attached hydrogens (primary N) is 1. The number of hydrogen-bond acceptors (Lipinski definition) is 5. The Morgan fingerprint density at radius 1 is 1.27 bits per heavy atom. The Kier molecular flexibility index (Phi) is 6.36. The zero-order chi connectivity index (χ0) is 16.9. The monoisotopic (exact) mass is 372 g/mol. The molecule has 7 nitrogen and oxygen atoms in total. The molecule has 22 heavy (non-hydrogen) atoms. The van der Waals surface area contributed by atoms with Crippen molar-refractivity contribution in [3.8, 4) is 5.75 Å². The molecule has 0 unspecified atom stereocenters. The second kappa shape index (κ2) is 7.79. The third-order valence-electron chi connectivity index (χ3n) is 2.74. The number of ether oxygens (including phenoxy) is 2. The van der Waals surface area contributed by atoms with Crippen LogP contribution in [0.2, 0.25) is 0 Å². The number of primary amides is 1. The molecule has 0 aliphatic heterocycles. The summed E-state index contributed by atoms with van der Waals surface area (Å²) in [4.78, 5) is 34.8. The molecule has 120 valence electrons. The van der Waals surface area contributed by atoms with Crippen LogP contribution in [-0.2, 0) is 9.53 Å². The van der Waals surface area contributed by atoms with E-state index in [0.29, 0.717) is 10.2 Å². The van der Waals surface area contributed by atoms with E-state index in [4.69, 9.17) is 15.2 Å². The Bertz CT molecular complexity index is 589. The van der Waals surface area contributed by atoms with E-state index in [2.05, 4.69) is 15.9 Å². The van der Waals surface area contributed by atoms with Crippen LogP contribution < -0.4 is 15.8 Å². The number of nitrogens with one attached hydrogen (secondary N) is 1. The molecule has 0 spiro atoms. The summed E-state index contributed by atoms with van der Waals surface area (Å²) in [7, 11) is 1.47. The van der Waals surface area contributed by atoms with Crippen molar-refractivity contribution >= 4 is 33.8 Å². The first-order valence-electron chi connectivity index (χ1n) is 6.41. The van der Waals surface area contributed by atoms with Crippen LogP contribution in [0.4, 0.5) is 4.79 Å². The van der Waals surface area contributed by atoms with Crippen LogP contribution in [0, 0.1) is 5.92 Å². The van der Waals surface area contributed by atoms with Crippen LogP contribution in [0.25, 0.3) is 0 Å². The van der Waals surface area contributed by atoms with Gasteiger partial charge in [-0.15, -0.1) is 0 Å². The summed E-state index contributed by atoms with van der Waals surface area (Å²) in [5, 5.41) is 1.90. The zero-order valence-electron chi connectivity index (χ0n) is 12.4. The van der Waals surface area contributed by atoms with Gasteiger partial charge in [-0.05, 0) is 40.0 Å². The summed E-state index contributed by atoms with van der Waals surface area (Å²) < 4.78 is 10.7. The van der Waals surface area contributed by atoms with Crippen molar-refractivity contribution in [1.29, 1.82) is 0 Å². The maximum Gasteiger partial charge on any atom is 0.340 e. The normalized spacial score (nSPS) is 11.7. The second-order valence-corrected chi connectivity index (χ2v) is 5.62. The van der Waals surface area contributed by atoms with Gasteiger partial charge in [0.15, 0.2) is 6.10 Å². The van der Waals surface area contributed by atoms with Crippen LogP contribution in [0.3, 0.4) is 0 Å². The van der Waals surface area contributed by atoms with Crippen molar-refractivity contribution in [2.24, 2.45) is 11.7 Å². The molecule has 0 heterocycles. The van der Waals surface area contributed by atoms with Gasteiger partial charge in [0, 0.05) is 4.47 Å². The number of halogens is 1. The molecule has 1 aromatic carbocycles. The first-order chi connectivity index (χ1) is 10.3. The molecular formula is C14H17BrN2O5. The molecular weight excluding hydrogens is 356 g/mol. The Morgan fingerprint density at radius 2 is 1.91 bits per heavy atom. The van der Waals surface area contributed by atoms with E-state index >= 15 is 0 Å². The molecule has 0 bridgehead atoms. The lowest BCUT2D eigenvalue weighted by Crippen LogP contribution is -2.45. The molecule has 1 rings (SSSR count). The molecule has 0 saturated carbocycles. The fourth-order valence-corrected chi connectivity index (χ4v) is 2.06. The average Bonchev–Trinajstić information content (AvgIpc) is 2.43. The number of rotatable bonds is 5. The quantitative estimate of drug-likeness (QED) is 0.766. The number of urea groups is 1. The van der Waals surface area contributed by atoms with Gasteiger partial charge in [-0.2, -0.15) is 0 Å². The fraction of sp³-hybridized carbons (Fsp3) is 0.357. The summed E-state index contributed by atoms with van der Waals surface area (Å²) in [6, 6.07) is 3.77. The van der Waals surface area contributed by atoms with E-state index in [1.54, 1.807) is 26.0 Å². The summed E-state index contributed by atoms with van der Waals surface area (Å²) in [6.45, 7) is 3.36. The fourth-order valence-electron chi connectivity index (χ4n) is 1.65. The van der Waals surface area contributed by atoms with Gasteiger partial charge in [0.25, 0.3) is 5.91 Å². The van der Waals surface area contributed by atoms with Crippen molar-refractivity contribution in [2.75, 3.05) is 7.11 Å². The highest BCUT2D eigenvalue weighted by Gasteiger charge is 2.28. The number of hydrogen-bond donors (Lipinski definition) is 2. The highest BCUT2D eigenvalue weighted by atomic mass is 79.9. The topological polar surface area (TPSA) is 108 Å². The smallest absolute Gasteiger partial charge is 0.340 e. The van der Waals surface area contributed by atoms with Crippen LogP contribution in [0.1, 0.15) is 24.2 Å². The maximum absolute atomic E-state index is 12.2. The number of esters is 1. The van der Waals surface area contributed by atoms with Crippen LogP contribution >= 0.6 is 15.9 Å². The number of amides is 3. The number of carbonyl (C=O) groups excluding carboxylic acids is 3. The Balaban J connectivity index is 2.96. The number of carbonyl (C=O) groups is 3. The SMILES string of the molecule is COc1ccc(Br)c(C(=O)O[C@H](C(=O)NC(N)=O)C(C)C)c1. The van der Waals surface area contributed by atoms with Gasteiger partial charge in [0.1, 0.15) is 5.75 Å². The van der Waals surface area contributed by atoms with Gasteiger partial charge in [-0.3, -0.25) is 10.1 Å². The van der Waals surface area contributed by atoms with Crippen LogP contribution in [0.5, 0.6) is 5.75 Å². The first kappa shape index (κ1) is 18.0. The Hall–Kier alpha value is -2.09. The summed E-state index contributed by atoms with van der Waals surface area (Å²) in [5.74, 6) is -1.36. The van der Waals surface area contributed by atoms with Gasteiger partial charge in [0.05, 0.1) is 12.7 Å². The van der Waals surface area contributed by atoms with E-state index < -0.39 is 24.0 Å². The predicted octanol–water partition coefficient (Wildman–Crippen LogP) is 1.83. The molecule has 0 radical (unpaired) electrons. The largest absolute Gasteiger partial charge is 0.497 e. The third kappa shape index (κ3) is 4.73. The predicted molar refractivity (Wildman–Crippen MR) is 82.5 cm³/mol. The van der Waals surface area contributed by atoms with Gasteiger partial charge in [-0.25, -0.2) is 9.59 Å². The highest BCUT2D eigenvalue weighted by Crippen LogP contribution is 2.24. The molecule has 3 amide bonds. The summed E-state index contributed by atoms with van der Waals surface area (Å²) in [6.07, 6.45) is -1.14. The lowest BCUT2D eigenvalue weighted by atomic mass is 10.1. The van der Waals surface area contributed by atoms with Crippen molar-refractivity contribution in [1.82, 2.24) is 5.32 Å². The van der Waals surface area contributed by atoms with E-state index in [1.165, 1.54) is 13.2 Å². The number of benzene rings is 1. The zero-order valence-corrected chi connectivity index (χ0v) is 14.0. The third-order valence-corrected chi connectivity index (χ3v) is 3.43. The van der Waals surface area contributed by atoms with Gasteiger partial charge < -0.3 is 15.2 Å². The maximum atomic E-state index is 12.2. The minimum atomic E-state index is -1.14. The van der Waals surface area contributed by atoms with Crippen molar-refractivity contribution in [3.05, 3.63) is 28.2 Å². The number of imide groups is 1. The van der Waals surface area contributed by atoms with Crippen molar-refractivity contribution < 1.29 is 23.9 Å². The Labute approximate surface area is 136 Å². The first-order valence-corrected chi connectivity index (χ1v) is 7.20. The van der Waals surface area contributed by atoms with E-state index in [1.807, 2.05) is 5.32 Å². The molecule has 0 aromatic heterocycles. The van der Waals surface area contributed by atoms with Crippen LogP contribution in [-0.4, -0.2) is 31.1 Å². The van der Waals surface area contributed by atoms with E-state index in [-0.39, 0.29) is 11.5 Å². The molecule has 8 heteroatoms. The van der Waals surface area contributed by atoms with Crippen LogP contribution in [0.15, 0.2) is 22.7 Å². The van der Waals surface area contributed by atoms with Gasteiger partial charge in [0.2, 0.25) is 0 Å². The molecule has 0 fully saturated rings. The lowest BCUT2D eigenvalue weighted by molar-refractivity contribution is -0.130.